The predicted molar refractivity (Wildman–Crippen MR) is 70.9 cm³/mol. The van der Waals surface area contributed by atoms with E-state index in [2.05, 4.69) is 0 Å². The average Bonchev–Trinajstić information content (AvgIpc) is 2.37. The summed E-state index contributed by atoms with van der Waals surface area (Å²) in [5.41, 5.74) is 0.771. The zero-order chi connectivity index (χ0) is 14.4. The summed E-state index contributed by atoms with van der Waals surface area (Å²) >= 11 is 0. The first-order chi connectivity index (χ1) is 8.93. The molecule has 1 rings (SSSR count). The lowest BCUT2D eigenvalue weighted by Crippen LogP contribution is -2.26. The van der Waals surface area contributed by atoms with E-state index in [1.165, 1.54) is 4.90 Å². The van der Waals surface area contributed by atoms with E-state index in [0.29, 0.717) is 5.75 Å². The molecule has 0 saturated carbocycles. The molecule has 1 aromatic rings. The summed E-state index contributed by atoms with van der Waals surface area (Å²) in [5, 5.41) is 10.7. The lowest BCUT2D eigenvalue weighted by Gasteiger charge is -2.16. The number of ether oxygens (including phenoxy) is 1. The highest BCUT2D eigenvalue weighted by atomic mass is 16.6. The van der Waals surface area contributed by atoms with Gasteiger partial charge in [0.15, 0.2) is 0 Å². The van der Waals surface area contributed by atoms with Gasteiger partial charge in [0.2, 0.25) is 12.5 Å². The average molecular weight is 266 g/mol. The fourth-order valence-electron chi connectivity index (χ4n) is 1.74. The molecule has 1 aromatic carbocycles. The van der Waals surface area contributed by atoms with E-state index in [4.69, 9.17) is 4.74 Å². The van der Waals surface area contributed by atoms with Crippen LogP contribution in [0.5, 0.6) is 5.75 Å². The summed E-state index contributed by atoms with van der Waals surface area (Å²) in [5.74, 6) is 0.140. The Morgan fingerprint density at radius 1 is 1.37 bits per heavy atom. The number of nitro groups is 1. The van der Waals surface area contributed by atoms with Gasteiger partial charge in [-0.3, -0.25) is 14.9 Å². The monoisotopic (exact) mass is 266 g/mol. The first-order valence-electron chi connectivity index (χ1n) is 5.90. The third-order valence-electron chi connectivity index (χ3n) is 2.88. The maximum atomic E-state index is 11.7. The minimum atomic E-state index is -0.421. The summed E-state index contributed by atoms with van der Waals surface area (Å²) in [6.45, 7) is -0.258. The summed E-state index contributed by atoms with van der Waals surface area (Å²) in [6.07, 6.45) is 0.125. The number of benzene rings is 1. The smallest absolute Gasteiger partial charge is 0.222 e. The highest BCUT2D eigenvalue weighted by Gasteiger charge is 2.22. The topological polar surface area (TPSA) is 72.7 Å². The molecule has 0 radical (unpaired) electrons. The number of carbonyl (C=O) groups is 1. The predicted octanol–water partition coefficient (Wildman–Crippen LogP) is 1.53. The molecule has 0 fully saturated rings. The number of nitrogens with zero attached hydrogens (tertiary/aromatic N) is 2. The van der Waals surface area contributed by atoms with Gasteiger partial charge in [0.05, 0.1) is 13.0 Å². The van der Waals surface area contributed by atoms with Gasteiger partial charge in [-0.15, -0.1) is 0 Å². The van der Waals surface area contributed by atoms with E-state index in [1.807, 2.05) is 0 Å². The Kier molecular flexibility index (Phi) is 5.29. The van der Waals surface area contributed by atoms with Gasteiger partial charge in [-0.25, -0.2) is 0 Å². The van der Waals surface area contributed by atoms with Crippen molar-refractivity contribution in [2.24, 2.45) is 0 Å². The minimum absolute atomic E-state index is 0.123. The Bertz CT molecular complexity index is 442. The molecule has 104 valence electrons. The number of amides is 1. The standard InChI is InChI=1S/C13H18N2O4/c1-14(2)13(16)8-11(9-15(17)18)10-4-6-12(19-3)7-5-10/h4-7,11H,8-9H2,1-3H3. The Morgan fingerprint density at radius 3 is 2.37 bits per heavy atom. The van der Waals surface area contributed by atoms with Crippen LogP contribution in [0.4, 0.5) is 0 Å². The lowest BCUT2D eigenvalue weighted by atomic mass is 9.95. The molecule has 1 amide bonds. The van der Waals surface area contributed by atoms with Crippen LogP contribution in [0.25, 0.3) is 0 Å². The third kappa shape index (κ3) is 4.57. The molecule has 0 aliphatic heterocycles. The number of rotatable bonds is 6. The van der Waals surface area contributed by atoms with Gasteiger partial charge in [-0.05, 0) is 17.7 Å². The molecule has 1 unspecified atom stereocenters. The van der Waals surface area contributed by atoms with Crippen LogP contribution in [0, 0.1) is 10.1 Å². The van der Waals surface area contributed by atoms with Crippen LogP contribution < -0.4 is 4.74 Å². The van der Waals surface area contributed by atoms with E-state index in [9.17, 15) is 14.9 Å². The second-order valence-electron chi connectivity index (χ2n) is 4.48. The van der Waals surface area contributed by atoms with Crippen molar-refractivity contribution in [2.45, 2.75) is 12.3 Å². The van der Waals surface area contributed by atoms with E-state index in [-0.39, 0.29) is 18.9 Å². The Labute approximate surface area is 112 Å². The summed E-state index contributed by atoms with van der Waals surface area (Å²) in [4.78, 5) is 23.5. The summed E-state index contributed by atoms with van der Waals surface area (Å²) in [7, 11) is 4.83. The van der Waals surface area contributed by atoms with E-state index in [0.717, 1.165) is 5.56 Å². The van der Waals surface area contributed by atoms with Crippen LogP contribution in [0.2, 0.25) is 0 Å². The molecule has 0 aromatic heterocycles. The number of hydrogen-bond acceptors (Lipinski definition) is 4. The van der Waals surface area contributed by atoms with E-state index >= 15 is 0 Å². The SMILES string of the molecule is COc1ccc(C(CC(=O)N(C)C)C[N+](=O)[O-])cc1. The fourth-order valence-corrected chi connectivity index (χ4v) is 1.74. The number of methoxy groups -OCH3 is 1. The van der Waals surface area contributed by atoms with Crippen molar-refractivity contribution in [3.63, 3.8) is 0 Å². The van der Waals surface area contributed by atoms with Crippen LogP contribution in [-0.2, 0) is 4.79 Å². The molecule has 0 bridgehead atoms. The zero-order valence-electron chi connectivity index (χ0n) is 11.3. The van der Waals surface area contributed by atoms with Crippen molar-refractivity contribution in [1.82, 2.24) is 4.90 Å². The van der Waals surface area contributed by atoms with E-state index in [1.54, 1.807) is 45.5 Å². The van der Waals surface area contributed by atoms with Crippen molar-refractivity contribution in [3.05, 3.63) is 39.9 Å². The molecule has 6 heteroatoms. The zero-order valence-corrected chi connectivity index (χ0v) is 11.3. The maximum Gasteiger partial charge on any atom is 0.222 e. The molecule has 19 heavy (non-hydrogen) atoms. The molecule has 0 heterocycles. The molecule has 0 aliphatic rings. The maximum absolute atomic E-state index is 11.7. The molecule has 0 N–H and O–H groups in total. The molecule has 0 spiro atoms. The first-order valence-corrected chi connectivity index (χ1v) is 5.90. The van der Waals surface area contributed by atoms with Gasteiger partial charge < -0.3 is 9.64 Å². The van der Waals surface area contributed by atoms with Crippen LogP contribution in [0.3, 0.4) is 0 Å². The summed E-state index contributed by atoms with van der Waals surface area (Å²) < 4.78 is 5.04. The van der Waals surface area contributed by atoms with Gasteiger partial charge in [0, 0.05) is 25.4 Å². The van der Waals surface area contributed by atoms with Gasteiger partial charge >= 0.3 is 0 Å². The van der Waals surface area contributed by atoms with Gasteiger partial charge in [-0.2, -0.15) is 0 Å². The number of carbonyl (C=O) groups excluding carboxylic acids is 1. The Balaban J connectivity index is 2.88. The quantitative estimate of drug-likeness (QED) is 0.578. The normalized spacial score (nSPS) is 11.7. The van der Waals surface area contributed by atoms with Crippen molar-refractivity contribution in [2.75, 3.05) is 27.7 Å². The molecular formula is C13H18N2O4. The molecule has 6 nitrogen and oxygen atoms in total. The van der Waals surface area contributed by atoms with Crippen LogP contribution in [-0.4, -0.2) is 43.5 Å². The fraction of sp³-hybridized carbons (Fsp3) is 0.462. The molecule has 0 saturated heterocycles. The van der Waals surface area contributed by atoms with Crippen molar-refractivity contribution >= 4 is 5.91 Å². The van der Waals surface area contributed by atoms with Gasteiger partial charge in [0.25, 0.3) is 0 Å². The van der Waals surface area contributed by atoms with Gasteiger partial charge in [-0.1, -0.05) is 12.1 Å². The largest absolute Gasteiger partial charge is 0.497 e. The van der Waals surface area contributed by atoms with Gasteiger partial charge in [0.1, 0.15) is 5.75 Å². The lowest BCUT2D eigenvalue weighted by molar-refractivity contribution is -0.483. The van der Waals surface area contributed by atoms with Crippen LogP contribution in [0.15, 0.2) is 24.3 Å². The van der Waals surface area contributed by atoms with Crippen LogP contribution >= 0.6 is 0 Å². The highest BCUT2D eigenvalue weighted by molar-refractivity contribution is 5.76. The first kappa shape index (κ1) is 14.9. The molecular weight excluding hydrogens is 248 g/mol. The Hall–Kier alpha value is -2.11. The summed E-state index contributed by atoms with van der Waals surface area (Å²) in [6, 6.07) is 7.00. The van der Waals surface area contributed by atoms with Crippen LogP contribution in [0.1, 0.15) is 17.9 Å². The van der Waals surface area contributed by atoms with E-state index < -0.39 is 10.8 Å². The highest BCUT2D eigenvalue weighted by Crippen LogP contribution is 2.23. The number of hydrogen-bond donors (Lipinski definition) is 0. The Morgan fingerprint density at radius 2 is 1.95 bits per heavy atom. The van der Waals surface area contributed by atoms with Crippen molar-refractivity contribution in [3.8, 4) is 5.75 Å². The minimum Gasteiger partial charge on any atom is -0.497 e. The molecule has 0 aliphatic carbocycles. The van der Waals surface area contributed by atoms with Crippen molar-refractivity contribution < 1.29 is 14.5 Å². The second kappa shape index (κ2) is 6.72. The third-order valence-corrected chi connectivity index (χ3v) is 2.88. The second-order valence-corrected chi connectivity index (χ2v) is 4.48. The molecule has 1 atom stereocenters. The van der Waals surface area contributed by atoms with Crippen molar-refractivity contribution in [1.29, 1.82) is 0 Å².